The topological polar surface area (TPSA) is 44.5 Å². The molecule has 20 heavy (non-hydrogen) atoms. The standard InChI is InChI=1S/C16H17NO2.ClH/c17-16(10-11-16)12-18-13-6-8-15(9-7-13)19-14-4-2-1-3-5-14;/h1-9H,10-12,17H2;1H. The summed E-state index contributed by atoms with van der Waals surface area (Å²) in [5, 5.41) is 0. The Morgan fingerprint density at radius 3 is 2.00 bits per heavy atom. The minimum absolute atomic E-state index is 0. The molecule has 3 nitrogen and oxygen atoms in total. The van der Waals surface area contributed by atoms with Gasteiger partial charge in [0.25, 0.3) is 0 Å². The number of hydrogen-bond donors (Lipinski definition) is 1. The van der Waals surface area contributed by atoms with E-state index in [1.165, 1.54) is 0 Å². The highest BCUT2D eigenvalue weighted by molar-refractivity contribution is 5.85. The van der Waals surface area contributed by atoms with Crippen molar-refractivity contribution in [3.8, 4) is 17.2 Å². The van der Waals surface area contributed by atoms with E-state index in [9.17, 15) is 0 Å². The smallest absolute Gasteiger partial charge is 0.127 e. The van der Waals surface area contributed by atoms with E-state index in [0.29, 0.717) is 6.61 Å². The number of rotatable bonds is 5. The van der Waals surface area contributed by atoms with Crippen LogP contribution < -0.4 is 15.2 Å². The Labute approximate surface area is 125 Å². The molecule has 0 aliphatic heterocycles. The summed E-state index contributed by atoms with van der Waals surface area (Å²) in [6, 6.07) is 17.3. The Morgan fingerprint density at radius 1 is 0.850 bits per heavy atom. The van der Waals surface area contributed by atoms with Crippen molar-refractivity contribution in [1.82, 2.24) is 0 Å². The van der Waals surface area contributed by atoms with Crippen molar-refractivity contribution >= 4 is 12.4 Å². The van der Waals surface area contributed by atoms with Crippen LogP contribution in [0, 0.1) is 0 Å². The fourth-order valence-electron chi connectivity index (χ4n) is 1.76. The van der Waals surface area contributed by atoms with Gasteiger partial charge in [0, 0.05) is 0 Å². The van der Waals surface area contributed by atoms with Gasteiger partial charge in [-0.2, -0.15) is 0 Å². The summed E-state index contributed by atoms with van der Waals surface area (Å²) in [5.41, 5.74) is 5.89. The van der Waals surface area contributed by atoms with Crippen LogP contribution in [0.4, 0.5) is 0 Å². The Kier molecular flexibility index (Phi) is 4.53. The van der Waals surface area contributed by atoms with Crippen LogP contribution in [0.5, 0.6) is 17.2 Å². The molecule has 0 unspecified atom stereocenters. The van der Waals surface area contributed by atoms with E-state index in [-0.39, 0.29) is 17.9 Å². The van der Waals surface area contributed by atoms with Gasteiger partial charge in [0.15, 0.2) is 0 Å². The zero-order valence-electron chi connectivity index (χ0n) is 11.1. The molecule has 1 aliphatic carbocycles. The highest BCUT2D eigenvalue weighted by Gasteiger charge is 2.39. The summed E-state index contributed by atoms with van der Waals surface area (Å²) < 4.78 is 11.4. The highest BCUT2D eigenvalue weighted by atomic mass is 35.5. The SMILES string of the molecule is Cl.NC1(COc2ccc(Oc3ccccc3)cc2)CC1. The molecule has 1 aliphatic rings. The first kappa shape index (κ1) is 14.7. The summed E-state index contributed by atoms with van der Waals surface area (Å²) in [4.78, 5) is 0. The lowest BCUT2D eigenvalue weighted by Gasteiger charge is -2.11. The van der Waals surface area contributed by atoms with E-state index in [4.69, 9.17) is 15.2 Å². The monoisotopic (exact) mass is 291 g/mol. The zero-order valence-corrected chi connectivity index (χ0v) is 11.9. The summed E-state index contributed by atoms with van der Waals surface area (Å²) in [6.07, 6.45) is 2.12. The molecule has 0 atom stereocenters. The summed E-state index contributed by atoms with van der Waals surface area (Å²) in [6.45, 7) is 0.589. The van der Waals surface area contributed by atoms with Crippen molar-refractivity contribution in [2.75, 3.05) is 6.61 Å². The maximum absolute atomic E-state index is 5.98. The fourth-order valence-corrected chi connectivity index (χ4v) is 1.76. The van der Waals surface area contributed by atoms with Gasteiger partial charge < -0.3 is 15.2 Å². The lowest BCUT2D eigenvalue weighted by atomic mass is 10.3. The number of para-hydroxylation sites is 1. The first-order valence-electron chi connectivity index (χ1n) is 6.48. The molecule has 0 saturated heterocycles. The second kappa shape index (κ2) is 6.16. The first-order chi connectivity index (χ1) is 9.23. The summed E-state index contributed by atoms with van der Waals surface area (Å²) in [5.74, 6) is 2.46. The molecular formula is C16H18ClNO2. The van der Waals surface area contributed by atoms with Crippen LogP contribution >= 0.6 is 12.4 Å². The Hall–Kier alpha value is -1.71. The molecule has 0 spiro atoms. The molecule has 106 valence electrons. The van der Waals surface area contributed by atoms with Gasteiger partial charge >= 0.3 is 0 Å². The van der Waals surface area contributed by atoms with Crippen LogP contribution in [0.2, 0.25) is 0 Å². The van der Waals surface area contributed by atoms with Crippen molar-refractivity contribution < 1.29 is 9.47 Å². The zero-order chi connectivity index (χ0) is 13.1. The van der Waals surface area contributed by atoms with Gasteiger partial charge in [-0.1, -0.05) is 18.2 Å². The molecule has 3 rings (SSSR count). The van der Waals surface area contributed by atoms with Gasteiger partial charge in [0.1, 0.15) is 23.9 Å². The third-order valence-corrected chi connectivity index (χ3v) is 3.22. The average molecular weight is 292 g/mol. The minimum Gasteiger partial charge on any atom is -0.492 e. The van der Waals surface area contributed by atoms with Gasteiger partial charge in [-0.15, -0.1) is 12.4 Å². The lowest BCUT2D eigenvalue weighted by Crippen LogP contribution is -2.29. The van der Waals surface area contributed by atoms with E-state index in [2.05, 4.69) is 0 Å². The maximum Gasteiger partial charge on any atom is 0.127 e. The molecule has 2 aromatic carbocycles. The normalized spacial score (nSPS) is 15.1. The molecule has 2 N–H and O–H groups in total. The number of hydrogen-bond acceptors (Lipinski definition) is 3. The first-order valence-corrected chi connectivity index (χ1v) is 6.48. The van der Waals surface area contributed by atoms with E-state index in [1.54, 1.807) is 0 Å². The predicted octanol–water partition coefficient (Wildman–Crippen LogP) is 3.77. The van der Waals surface area contributed by atoms with Gasteiger partial charge in [-0.25, -0.2) is 0 Å². The van der Waals surface area contributed by atoms with Gasteiger partial charge in [0.2, 0.25) is 0 Å². The van der Waals surface area contributed by atoms with E-state index in [0.717, 1.165) is 30.1 Å². The molecule has 1 fully saturated rings. The van der Waals surface area contributed by atoms with Gasteiger partial charge in [-0.3, -0.25) is 0 Å². The van der Waals surface area contributed by atoms with E-state index < -0.39 is 0 Å². The van der Waals surface area contributed by atoms with Crippen molar-refractivity contribution in [2.24, 2.45) is 5.73 Å². The molecule has 0 heterocycles. The molecule has 2 aromatic rings. The van der Waals surface area contributed by atoms with Crippen LogP contribution in [0.15, 0.2) is 54.6 Å². The predicted molar refractivity (Wildman–Crippen MR) is 81.9 cm³/mol. The lowest BCUT2D eigenvalue weighted by molar-refractivity contribution is 0.279. The van der Waals surface area contributed by atoms with Crippen molar-refractivity contribution in [1.29, 1.82) is 0 Å². The van der Waals surface area contributed by atoms with Crippen LogP contribution in [0.3, 0.4) is 0 Å². The maximum atomic E-state index is 5.98. The molecular weight excluding hydrogens is 274 g/mol. The van der Waals surface area contributed by atoms with Crippen LogP contribution in [-0.4, -0.2) is 12.1 Å². The van der Waals surface area contributed by atoms with Crippen LogP contribution in [0.25, 0.3) is 0 Å². The Bertz CT molecular complexity index is 538. The van der Waals surface area contributed by atoms with Crippen LogP contribution in [0.1, 0.15) is 12.8 Å². The van der Waals surface area contributed by atoms with Crippen molar-refractivity contribution in [3.63, 3.8) is 0 Å². The number of benzene rings is 2. The Balaban J connectivity index is 0.00000147. The van der Waals surface area contributed by atoms with E-state index >= 15 is 0 Å². The molecule has 0 amide bonds. The van der Waals surface area contributed by atoms with Gasteiger partial charge in [0.05, 0.1) is 5.54 Å². The second-order valence-corrected chi connectivity index (χ2v) is 5.04. The number of nitrogens with two attached hydrogens (primary N) is 1. The molecule has 0 radical (unpaired) electrons. The molecule has 1 saturated carbocycles. The quantitative estimate of drug-likeness (QED) is 0.912. The highest BCUT2D eigenvalue weighted by Crippen LogP contribution is 2.33. The molecule has 0 aromatic heterocycles. The van der Waals surface area contributed by atoms with Crippen LogP contribution in [-0.2, 0) is 0 Å². The summed E-state index contributed by atoms with van der Waals surface area (Å²) in [7, 11) is 0. The third kappa shape index (κ3) is 3.89. The minimum atomic E-state index is -0.0841. The molecule has 4 heteroatoms. The number of halogens is 1. The second-order valence-electron chi connectivity index (χ2n) is 5.04. The molecule has 0 bridgehead atoms. The Morgan fingerprint density at radius 2 is 1.40 bits per heavy atom. The number of ether oxygens (including phenoxy) is 2. The van der Waals surface area contributed by atoms with Crippen molar-refractivity contribution in [3.05, 3.63) is 54.6 Å². The largest absolute Gasteiger partial charge is 0.492 e. The third-order valence-electron chi connectivity index (χ3n) is 3.22. The van der Waals surface area contributed by atoms with Gasteiger partial charge in [-0.05, 0) is 49.2 Å². The van der Waals surface area contributed by atoms with Crippen molar-refractivity contribution in [2.45, 2.75) is 18.4 Å². The average Bonchev–Trinajstić information content (AvgIpc) is 3.18. The van der Waals surface area contributed by atoms with E-state index in [1.807, 2.05) is 54.6 Å². The fraction of sp³-hybridized carbons (Fsp3) is 0.250. The summed E-state index contributed by atoms with van der Waals surface area (Å²) >= 11 is 0.